The summed E-state index contributed by atoms with van der Waals surface area (Å²) in [5, 5.41) is 6.64. The van der Waals surface area contributed by atoms with E-state index in [1.165, 1.54) is 30.3 Å². The first kappa shape index (κ1) is 21.6. The van der Waals surface area contributed by atoms with Crippen molar-refractivity contribution in [3.05, 3.63) is 71.1 Å². The van der Waals surface area contributed by atoms with Gasteiger partial charge in [-0.2, -0.15) is 4.98 Å². The quantitative estimate of drug-likeness (QED) is 0.559. The van der Waals surface area contributed by atoms with E-state index in [2.05, 4.69) is 15.5 Å². The zero-order valence-electron chi connectivity index (χ0n) is 17.7. The van der Waals surface area contributed by atoms with Crippen LogP contribution in [0.2, 0.25) is 0 Å². The van der Waals surface area contributed by atoms with E-state index >= 15 is 0 Å². The number of carbonyl (C=O) groups excluding carboxylic acids is 2. The number of amides is 3. The predicted octanol–water partition coefficient (Wildman–Crippen LogP) is 4.11. The maximum Gasteiger partial charge on any atom is 0.325 e. The molecule has 1 aromatic heterocycles. The molecule has 3 aromatic rings. The Morgan fingerprint density at radius 3 is 2.56 bits per heavy atom. The molecule has 4 rings (SSSR count). The number of aromatic nitrogens is 2. The monoisotopic (exact) mass is 440 g/mol. The number of rotatable bonds is 7. The Bertz CT molecular complexity index is 1160. The first-order valence-corrected chi connectivity index (χ1v) is 10.3. The Morgan fingerprint density at radius 1 is 1.12 bits per heavy atom. The topological polar surface area (TPSA) is 88.3 Å². The number of nitrogens with one attached hydrogen (secondary N) is 1. The van der Waals surface area contributed by atoms with Crippen LogP contribution in [0.25, 0.3) is 11.4 Å². The van der Waals surface area contributed by atoms with Gasteiger partial charge in [0.25, 0.3) is 5.91 Å². The fourth-order valence-electron chi connectivity index (χ4n) is 3.80. The second-order valence-electron chi connectivity index (χ2n) is 7.73. The van der Waals surface area contributed by atoms with Gasteiger partial charge in [0.2, 0.25) is 11.7 Å². The van der Waals surface area contributed by atoms with Crippen LogP contribution in [0, 0.1) is 18.6 Å². The fourth-order valence-corrected chi connectivity index (χ4v) is 3.80. The van der Waals surface area contributed by atoms with Crippen LogP contribution in [-0.2, 0) is 16.8 Å². The number of hydrogen-bond donors (Lipinski definition) is 1. The van der Waals surface area contributed by atoms with Crippen molar-refractivity contribution in [3.8, 4) is 11.4 Å². The zero-order valence-corrected chi connectivity index (χ0v) is 17.7. The van der Waals surface area contributed by atoms with Gasteiger partial charge in [-0.1, -0.05) is 36.3 Å². The summed E-state index contributed by atoms with van der Waals surface area (Å²) in [4.78, 5) is 31.1. The predicted molar refractivity (Wildman–Crippen MR) is 111 cm³/mol. The van der Waals surface area contributed by atoms with E-state index in [1.807, 2.05) is 0 Å². The first-order valence-electron chi connectivity index (χ1n) is 10.3. The molecule has 0 radical (unpaired) electrons. The molecule has 166 valence electrons. The highest BCUT2D eigenvalue weighted by molar-refractivity contribution is 6.07. The van der Waals surface area contributed by atoms with Crippen LogP contribution in [0.1, 0.15) is 36.8 Å². The van der Waals surface area contributed by atoms with E-state index in [0.29, 0.717) is 41.8 Å². The molecule has 2 aromatic carbocycles. The molecule has 1 aliphatic heterocycles. The minimum Gasteiger partial charge on any atom is -0.339 e. The number of hydrogen-bond acceptors (Lipinski definition) is 5. The number of nitrogens with zero attached hydrogens (tertiary/aromatic N) is 3. The molecular weight excluding hydrogens is 418 g/mol. The summed E-state index contributed by atoms with van der Waals surface area (Å²) in [6, 6.07) is 9.74. The van der Waals surface area contributed by atoms with Gasteiger partial charge in [0.15, 0.2) is 0 Å². The molecule has 1 N–H and O–H groups in total. The highest BCUT2D eigenvalue weighted by atomic mass is 19.1. The third kappa shape index (κ3) is 3.86. The molecule has 1 unspecified atom stereocenters. The molecule has 0 bridgehead atoms. The maximum atomic E-state index is 13.8. The van der Waals surface area contributed by atoms with Crippen molar-refractivity contribution in [2.45, 2.75) is 38.6 Å². The summed E-state index contributed by atoms with van der Waals surface area (Å²) in [7, 11) is 0. The first-order chi connectivity index (χ1) is 15.3. The molecule has 0 aliphatic carbocycles. The van der Waals surface area contributed by atoms with E-state index in [1.54, 1.807) is 26.0 Å². The molecule has 9 heteroatoms. The van der Waals surface area contributed by atoms with Crippen LogP contribution in [0.3, 0.4) is 0 Å². The lowest BCUT2D eigenvalue weighted by Crippen LogP contribution is -2.43. The van der Waals surface area contributed by atoms with Crippen LogP contribution in [-0.4, -0.2) is 33.5 Å². The molecule has 32 heavy (non-hydrogen) atoms. The number of aryl methyl sites for hydroxylation is 2. The van der Waals surface area contributed by atoms with Crippen molar-refractivity contribution in [1.29, 1.82) is 0 Å². The van der Waals surface area contributed by atoms with Gasteiger partial charge in [0.1, 0.15) is 17.2 Å². The number of benzene rings is 2. The van der Waals surface area contributed by atoms with Crippen LogP contribution in [0.5, 0.6) is 0 Å². The van der Waals surface area contributed by atoms with Crippen LogP contribution >= 0.6 is 0 Å². The normalized spacial score (nSPS) is 18.3. The molecule has 3 amide bonds. The molecule has 0 saturated carbocycles. The smallest absolute Gasteiger partial charge is 0.325 e. The summed E-state index contributed by atoms with van der Waals surface area (Å²) in [5.74, 6) is -0.546. The largest absolute Gasteiger partial charge is 0.339 e. The van der Waals surface area contributed by atoms with Gasteiger partial charge in [-0.15, -0.1) is 0 Å². The maximum absolute atomic E-state index is 13.8. The van der Waals surface area contributed by atoms with E-state index < -0.39 is 17.4 Å². The van der Waals surface area contributed by atoms with E-state index in [9.17, 15) is 18.4 Å². The van der Waals surface area contributed by atoms with Crippen molar-refractivity contribution >= 4 is 11.9 Å². The van der Waals surface area contributed by atoms with Gasteiger partial charge < -0.3 is 9.84 Å². The summed E-state index contributed by atoms with van der Waals surface area (Å²) in [5.41, 5.74) is 0.353. The molecule has 0 spiro atoms. The standard InChI is InChI=1S/C23H22F2N4O3/c1-3-23(16-8-10-17(24)11-9-16)21(30)29(22(31)27-23)12-4-5-19-26-20(28-32-19)15-7-6-14(2)18(25)13-15/h6-11,13H,3-5,12H2,1-2H3,(H,27,31). The van der Waals surface area contributed by atoms with Gasteiger partial charge in [0.05, 0.1) is 0 Å². The Balaban J connectivity index is 1.41. The van der Waals surface area contributed by atoms with Gasteiger partial charge in [-0.25, -0.2) is 13.6 Å². The lowest BCUT2D eigenvalue weighted by atomic mass is 9.87. The Morgan fingerprint density at radius 2 is 1.88 bits per heavy atom. The highest BCUT2D eigenvalue weighted by Gasteiger charge is 2.50. The van der Waals surface area contributed by atoms with Gasteiger partial charge in [-0.3, -0.25) is 9.69 Å². The lowest BCUT2D eigenvalue weighted by molar-refractivity contribution is -0.131. The molecule has 1 fully saturated rings. The average Bonchev–Trinajstić information content (AvgIpc) is 3.35. The molecule has 7 nitrogen and oxygen atoms in total. The van der Waals surface area contributed by atoms with Crippen molar-refractivity contribution in [1.82, 2.24) is 20.4 Å². The lowest BCUT2D eigenvalue weighted by Gasteiger charge is -2.25. The summed E-state index contributed by atoms with van der Waals surface area (Å²) < 4.78 is 32.3. The van der Waals surface area contributed by atoms with Crippen molar-refractivity contribution in [2.75, 3.05) is 6.54 Å². The van der Waals surface area contributed by atoms with Crippen molar-refractivity contribution < 1.29 is 22.9 Å². The number of urea groups is 1. The number of carbonyl (C=O) groups is 2. The van der Waals surface area contributed by atoms with Gasteiger partial charge in [-0.05, 0) is 49.1 Å². The highest BCUT2D eigenvalue weighted by Crippen LogP contribution is 2.32. The minimum absolute atomic E-state index is 0.157. The Kier molecular flexibility index (Phi) is 5.73. The second kappa shape index (κ2) is 8.49. The molecule has 1 saturated heterocycles. The van der Waals surface area contributed by atoms with E-state index in [-0.39, 0.29) is 24.1 Å². The Hall–Kier alpha value is -3.62. The second-order valence-corrected chi connectivity index (χ2v) is 7.73. The molecular formula is C23H22F2N4O3. The van der Waals surface area contributed by atoms with Crippen molar-refractivity contribution in [2.24, 2.45) is 0 Å². The summed E-state index contributed by atoms with van der Waals surface area (Å²) in [6.45, 7) is 3.61. The number of imide groups is 1. The van der Waals surface area contributed by atoms with Gasteiger partial charge in [0, 0.05) is 18.5 Å². The Labute approximate surface area is 183 Å². The van der Waals surface area contributed by atoms with Gasteiger partial charge >= 0.3 is 6.03 Å². The SMILES string of the molecule is CCC1(c2ccc(F)cc2)NC(=O)N(CCCc2nc(-c3ccc(C)c(F)c3)no2)C1=O. The third-order valence-electron chi connectivity index (χ3n) is 5.71. The molecule has 2 heterocycles. The fraction of sp³-hybridized carbons (Fsp3) is 0.304. The summed E-state index contributed by atoms with van der Waals surface area (Å²) in [6.07, 6.45) is 1.08. The number of halogens is 2. The van der Waals surface area contributed by atoms with Crippen LogP contribution in [0.4, 0.5) is 13.6 Å². The van der Waals surface area contributed by atoms with E-state index in [0.717, 1.165) is 4.90 Å². The van der Waals surface area contributed by atoms with Crippen molar-refractivity contribution in [3.63, 3.8) is 0 Å². The van der Waals surface area contributed by atoms with Crippen LogP contribution in [0.15, 0.2) is 47.0 Å². The van der Waals surface area contributed by atoms with Crippen LogP contribution < -0.4 is 5.32 Å². The minimum atomic E-state index is -1.21. The molecule has 1 atom stereocenters. The molecule has 1 aliphatic rings. The summed E-state index contributed by atoms with van der Waals surface area (Å²) >= 11 is 0. The zero-order chi connectivity index (χ0) is 22.9. The average molecular weight is 440 g/mol. The van der Waals surface area contributed by atoms with E-state index in [4.69, 9.17) is 4.52 Å². The third-order valence-corrected chi connectivity index (χ3v) is 5.71.